The van der Waals surface area contributed by atoms with Gasteiger partial charge in [-0.05, 0) is 38.1 Å². The number of nitrogens with zero attached hydrogens (tertiary/aromatic N) is 3. The predicted octanol–water partition coefficient (Wildman–Crippen LogP) is 2.69. The highest BCUT2D eigenvalue weighted by Crippen LogP contribution is 2.34. The minimum absolute atomic E-state index is 0.250. The third-order valence-electron chi connectivity index (χ3n) is 4.90. The van der Waals surface area contributed by atoms with Gasteiger partial charge in [0.15, 0.2) is 0 Å². The first kappa shape index (κ1) is 22.8. The first-order valence-electron chi connectivity index (χ1n) is 9.37. The molecule has 2 aliphatic rings. The summed E-state index contributed by atoms with van der Waals surface area (Å²) in [5.41, 5.74) is 1.62. The summed E-state index contributed by atoms with van der Waals surface area (Å²) >= 11 is 6.31. The number of alkyl halides is 3. The molecule has 0 spiro atoms. The monoisotopic (exact) mass is 461 g/mol. The molecule has 4 rings (SSSR count). The van der Waals surface area contributed by atoms with Gasteiger partial charge in [0.25, 0.3) is 0 Å². The van der Waals surface area contributed by atoms with Gasteiger partial charge in [-0.25, -0.2) is 9.59 Å². The van der Waals surface area contributed by atoms with E-state index in [4.69, 9.17) is 21.5 Å². The Morgan fingerprint density at radius 3 is 2.45 bits per heavy atom. The van der Waals surface area contributed by atoms with Crippen LogP contribution in [-0.4, -0.2) is 58.6 Å². The summed E-state index contributed by atoms with van der Waals surface area (Å²) in [6.45, 7) is 2.28. The fourth-order valence-electron chi connectivity index (χ4n) is 3.45. The fourth-order valence-corrected chi connectivity index (χ4v) is 3.66. The summed E-state index contributed by atoms with van der Waals surface area (Å²) in [6, 6.07) is 3.56. The van der Waals surface area contributed by atoms with E-state index in [1.807, 2.05) is 10.7 Å². The van der Waals surface area contributed by atoms with Crippen LogP contribution >= 0.6 is 11.6 Å². The molecule has 0 atom stereocenters. The molecule has 3 heterocycles. The second-order valence-corrected chi connectivity index (χ2v) is 7.42. The molecular formula is C18H19ClF3N5O4. The zero-order chi connectivity index (χ0) is 22.8. The molecule has 3 amide bonds. The van der Waals surface area contributed by atoms with Crippen LogP contribution in [0.25, 0.3) is 10.9 Å². The molecule has 2 aliphatic heterocycles. The van der Waals surface area contributed by atoms with Crippen LogP contribution in [0.2, 0.25) is 5.02 Å². The lowest BCUT2D eigenvalue weighted by molar-refractivity contribution is -0.192. The van der Waals surface area contributed by atoms with Crippen LogP contribution in [0.15, 0.2) is 18.3 Å². The Hall–Kier alpha value is -2.86. The zero-order valence-corrected chi connectivity index (χ0v) is 16.8. The highest BCUT2D eigenvalue weighted by molar-refractivity contribution is 6.32. The number of imide groups is 1. The van der Waals surface area contributed by atoms with Crippen molar-refractivity contribution in [1.29, 1.82) is 0 Å². The number of halogens is 4. The molecule has 0 bridgehead atoms. The number of carboxylic acids is 1. The van der Waals surface area contributed by atoms with Crippen LogP contribution in [0, 0.1) is 0 Å². The molecule has 3 N–H and O–H groups in total. The largest absolute Gasteiger partial charge is 0.490 e. The predicted molar refractivity (Wildman–Crippen MR) is 105 cm³/mol. The van der Waals surface area contributed by atoms with E-state index in [-0.39, 0.29) is 12.3 Å². The van der Waals surface area contributed by atoms with Crippen LogP contribution in [0.3, 0.4) is 0 Å². The van der Waals surface area contributed by atoms with Crippen molar-refractivity contribution in [2.45, 2.75) is 31.5 Å². The number of fused-ring (bicyclic) bond motifs is 1. The van der Waals surface area contributed by atoms with Crippen LogP contribution in [0.5, 0.6) is 0 Å². The third kappa shape index (κ3) is 5.25. The number of benzene rings is 1. The van der Waals surface area contributed by atoms with E-state index in [1.165, 1.54) is 0 Å². The van der Waals surface area contributed by atoms with Gasteiger partial charge in [-0.1, -0.05) is 11.6 Å². The molecule has 0 aliphatic carbocycles. The molecule has 2 fully saturated rings. The Kier molecular flexibility index (Phi) is 6.70. The average molecular weight is 462 g/mol. The lowest BCUT2D eigenvalue weighted by Gasteiger charge is -2.27. The number of nitrogens with one attached hydrogen (secondary N) is 2. The molecule has 0 saturated carbocycles. The summed E-state index contributed by atoms with van der Waals surface area (Å²) in [4.78, 5) is 34.0. The number of carbonyl (C=O) groups is 3. The Morgan fingerprint density at radius 1 is 1.23 bits per heavy atom. The number of amides is 3. The molecule has 9 nitrogen and oxygen atoms in total. The lowest BCUT2D eigenvalue weighted by Crippen LogP contribution is -2.49. The molecular weight excluding hydrogens is 443 g/mol. The molecule has 2 saturated heterocycles. The minimum atomic E-state index is -5.08. The molecule has 2 aromatic rings. The number of urea groups is 1. The van der Waals surface area contributed by atoms with Gasteiger partial charge >= 0.3 is 18.2 Å². The summed E-state index contributed by atoms with van der Waals surface area (Å²) in [5, 5.41) is 18.8. The fraction of sp³-hybridized carbons (Fsp3) is 0.444. The van der Waals surface area contributed by atoms with Crippen molar-refractivity contribution in [2.24, 2.45) is 0 Å². The average Bonchev–Trinajstić information content (AvgIpc) is 3.12. The molecule has 0 unspecified atom stereocenters. The molecule has 1 aromatic carbocycles. The molecule has 0 radical (unpaired) electrons. The first-order chi connectivity index (χ1) is 14.6. The van der Waals surface area contributed by atoms with Crippen LogP contribution in [0.1, 0.15) is 25.3 Å². The van der Waals surface area contributed by atoms with Crippen molar-refractivity contribution < 1.29 is 32.7 Å². The summed E-state index contributed by atoms with van der Waals surface area (Å²) in [6.07, 6.45) is -0.996. The Bertz CT molecular complexity index is 1000. The molecule has 31 heavy (non-hydrogen) atoms. The van der Waals surface area contributed by atoms with Gasteiger partial charge < -0.3 is 10.4 Å². The highest BCUT2D eigenvalue weighted by atomic mass is 35.5. The van der Waals surface area contributed by atoms with Gasteiger partial charge in [0.2, 0.25) is 5.91 Å². The standard InChI is InChI=1S/C16H18ClN5O2.C2HF3O2/c17-10-7-13(21-6-3-15(23)20-16(21)24)12-9-19-22(14(12)8-10)11-1-4-18-5-2-11;3-2(4,5)1(6)7/h7-9,11,18H,1-6H2,(H,20,23,24);(H,6,7). The first-order valence-corrected chi connectivity index (χ1v) is 9.74. The number of rotatable bonds is 2. The van der Waals surface area contributed by atoms with E-state index in [1.54, 1.807) is 17.2 Å². The zero-order valence-electron chi connectivity index (χ0n) is 16.1. The van der Waals surface area contributed by atoms with Gasteiger partial charge in [-0.3, -0.25) is 19.7 Å². The Labute approximate surface area is 179 Å². The van der Waals surface area contributed by atoms with Crippen molar-refractivity contribution in [3.63, 3.8) is 0 Å². The number of anilines is 1. The molecule has 1 aromatic heterocycles. The van der Waals surface area contributed by atoms with E-state index in [2.05, 4.69) is 15.7 Å². The van der Waals surface area contributed by atoms with Gasteiger partial charge in [-0.15, -0.1) is 0 Å². The summed E-state index contributed by atoms with van der Waals surface area (Å²) in [7, 11) is 0. The number of carbonyl (C=O) groups excluding carboxylic acids is 2. The van der Waals surface area contributed by atoms with Crippen molar-refractivity contribution in [2.75, 3.05) is 24.5 Å². The van der Waals surface area contributed by atoms with Gasteiger partial charge in [0, 0.05) is 23.4 Å². The molecule has 168 valence electrons. The van der Waals surface area contributed by atoms with Crippen LogP contribution < -0.4 is 15.5 Å². The van der Waals surface area contributed by atoms with E-state index in [0.717, 1.165) is 36.8 Å². The van der Waals surface area contributed by atoms with Crippen molar-refractivity contribution in [1.82, 2.24) is 20.4 Å². The second-order valence-electron chi connectivity index (χ2n) is 6.99. The highest BCUT2D eigenvalue weighted by Gasteiger charge is 2.38. The number of hydrogen-bond donors (Lipinski definition) is 3. The third-order valence-corrected chi connectivity index (χ3v) is 5.12. The van der Waals surface area contributed by atoms with Crippen molar-refractivity contribution in [3.05, 3.63) is 23.4 Å². The van der Waals surface area contributed by atoms with Crippen molar-refractivity contribution >= 4 is 46.1 Å². The number of aliphatic carboxylic acids is 1. The minimum Gasteiger partial charge on any atom is -0.475 e. The maximum atomic E-state index is 12.2. The molecule has 13 heteroatoms. The van der Waals surface area contributed by atoms with Crippen molar-refractivity contribution in [3.8, 4) is 0 Å². The van der Waals surface area contributed by atoms with Crippen LogP contribution in [-0.2, 0) is 9.59 Å². The van der Waals surface area contributed by atoms with Gasteiger partial charge in [0.1, 0.15) is 0 Å². The summed E-state index contributed by atoms with van der Waals surface area (Å²) < 4.78 is 33.7. The van der Waals surface area contributed by atoms with E-state index < -0.39 is 18.2 Å². The quantitative estimate of drug-likeness (QED) is 0.633. The smallest absolute Gasteiger partial charge is 0.475 e. The number of piperidine rings is 1. The Balaban J connectivity index is 0.000000339. The van der Waals surface area contributed by atoms with Gasteiger partial charge in [-0.2, -0.15) is 18.3 Å². The van der Waals surface area contributed by atoms with E-state index in [9.17, 15) is 22.8 Å². The summed E-state index contributed by atoms with van der Waals surface area (Å²) in [5.74, 6) is -3.01. The number of aromatic nitrogens is 2. The number of carboxylic acid groups (broad SMARTS) is 1. The Morgan fingerprint density at radius 2 is 1.87 bits per heavy atom. The maximum Gasteiger partial charge on any atom is 0.490 e. The van der Waals surface area contributed by atoms with Crippen LogP contribution in [0.4, 0.5) is 23.7 Å². The SMILES string of the molecule is O=C(O)C(F)(F)F.O=C1CCN(c2cc(Cl)cc3c2cnn3C2CCNCC2)C(=O)N1. The second kappa shape index (κ2) is 9.10. The van der Waals surface area contributed by atoms with Gasteiger partial charge in [0.05, 0.1) is 23.4 Å². The van der Waals surface area contributed by atoms with E-state index in [0.29, 0.717) is 23.3 Å². The maximum absolute atomic E-state index is 12.2. The topological polar surface area (TPSA) is 117 Å². The normalized spacial score (nSPS) is 17.9. The lowest BCUT2D eigenvalue weighted by atomic mass is 10.1. The van der Waals surface area contributed by atoms with E-state index >= 15 is 0 Å². The number of hydrogen-bond acceptors (Lipinski definition) is 5.